The summed E-state index contributed by atoms with van der Waals surface area (Å²) in [4.78, 5) is 0. The third-order valence-corrected chi connectivity index (χ3v) is 4.96. The Balaban J connectivity index is 2.06. The van der Waals surface area contributed by atoms with Crippen LogP contribution in [0.5, 0.6) is 0 Å². The standard InChI is InChI=1S/C17H31/c1-17(2,3)16(14-10-6-4-7-11-14)15-12-8-5-9-13-15/h14-15H,4-13H2,1-3H3. The van der Waals surface area contributed by atoms with E-state index >= 15 is 0 Å². The maximum absolute atomic E-state index is 2.46. The highest BCUT2D eigenvalue weighted by molar-refractivity contribution is 5.10. The van der Waals surface area contributed by atoms with Crippen LogP contribution in [0.3, 0.4) is 0 Å². The minimum atomic E-state index is 0.448. The van der Waals surface area contributed by atoms with Crippen molar-refractivity contribution in [1.82, 2.24) is 0 Å². The number of hydrogen-bond acceptors (Lipinski definition) is 0. The van der Waals surface area contributed by atoms with Gasteiger partial charge in [0.2, 0.25) is 0 Å². The first-order valence-corrected chi connectivity index (χ1v) is 7.96. The van der Waals surface area contributed by atoms with Crippen LogP contribution in [-0.2, 0) is 0 Å². The van der Waals surface area contributed by atoms with E-state index in [0.717, 1.165) is 11.8 Å². The van der Waals surface area contributed by atoms with Crippen molar-refractivity contribution in [2.75, 3.05) is 0 Å². The van der Waals surface area contributed by atoms with Crippen LogP contribution in [0.1, 0.15) is 85.0 Å². The fourth-order valence-electron chi connectivity index (χ4n) is 4.39. The summed E-state index contributed by atoms with van der Waals surface area (Å²) in [5.74, 6) is 3.88. The molecule has 0 nitrogen and oxygen atoms in total. The van der Waals surface area contributed by atoms with Crippen molar-refractivity contribution in [3.05, 3.63) is 5.92 Å². The second kappa shape index (κ2) is 5.76. The Hall–Kier alpha value is 0. The lowest BCUT2D eigenvalue weighted by Crippen LogP contribution is -2.34. The molecule has 0 heterocycles. The molecule has 17 heavy (non-hydrogen) atoms. The van der Waals surface area contributed by atoms with E-state index in [-0.39, 0.29) is 0 Å². The zero-order valence-electron chi connectivity index (χ0n) is 12.2. The molecule has 2 aliphatic carbocycles. The molecule has 0 saturated heterocycles. The van der Waals surface area contributed by atoms with Crippen LogP contribution in [0.2, 0.25) is 0 Å². The summed E-state index contributed by atoms with van der Waals surface area (Å²) in [5, 5.41) is 0. The molecule has 0 unspecified atom stereocenters. The second-order valence-electron chi connectivity index (χ2n) is 7.38. The lowest BCUT2D eigenvalue weighted by molar-refractivity contribution is 0.194. The van der Waals surface area contributed by atoms with Gasteiger partial charge in [-0.2, -0.15) is 0 Å². The van der Waals surface area contributed by atoms with Gasteiger partial charge in [-0.05, 0) is 48.9 Å². The van der Waals surface area contributed by atoms with Gasteiger partial charge in [0.25, 0.3) is 0 Å². The van der Waals surface area contributed by atoms with Crippen molar-refractivity contribution >= 4 is 0 Å². The van der Waals surface area contributed by atoms with Gasteiger partial charge < -0.3 is 0 Å². The predicted octanol–water partition coefficient (Wildman–Crippen LogP) is 5.77. The Labute approximate surface area is 109 Å². The van der Waals surface area contributed by atoms with E-state index in [9.17, 15) is 0 Å². The van der Waals surface area contributed by atoms with Crippen molar-refractivity contribution in [2.24, 2.45) is 17.3 Å². The Morgan fingerprint density at radius 2 is 1.00 bits per heavy atom. The van der Waals surface area contributed by atoms with Crippen LogP contribution in [0.25, 0.3) is 0 Å². The topological polar surface area (TPSA) is 0 Å². The van der Waals surface area contributed by atoms with Crippen molar-refractivity contribution in [3.63, 3.8) is 0 Å². The van der Waals surface area contributed by atoms with Gasteiger partial charge in [0.05, 0.1) is 0 Å². The molecule has 0 aromatic carbocycles. The molecule has 2 saturated carbocycles. The normalized spacial score (nSPS) is 25.4. The first kappa shape index (κ1) is 13.4. The molecule has 0 aromatic heterocycles. The molecule has 0 aliphatic heterocycles. The summed E-state index contributed by atoms with van der Waals surface area (Å²) in [6.45, 7) is 7.39. The molecular formula is C17H31. The zero-order chi connectivity index (χ0) is 12.3. The Kier molecular flexibility index (Phi) is 4.55. The number of hydrogen-bond donors (Lipinski definition) is 0. The van der Waals surface area contributed by atoms with E-state index in [0.29, 0.717) is 5.41 Å². The average molecular weight is 235 g/mol. The van der Waals surface area contributed by atoms with Gasteiger partial charge in [-0.25, -0.2) is 0 Å². The minimum absolute atomic E-state index is 0.448. The van der Waals surface area contributed by atoms with Crippen molar-refractivity contribution in [1.29, 1.82) is 0 Å². The van der Waals surface area contributed by atoms with Crippen LogP contribution in [-0.4, -0.2) is 0 Å². The molecule has 2 fully saturated rings. The van der Waals surface area contributed by atoms with Crippen LogP contribution in [0, 0.1) is 23.2 Å². The van der Waals surface area contributed by atoms with Gasteiger partial charge >= 0.3 is 0 Å². The van der Waals surface area contributed by atoms with E-state index in [4.69, 9.17) is 0 Å². The maximum atomic E-state index is 2.46. The van der Waals surface area contributed by atoms with Gasteiger partial charge in [0, 0.05) is 0 Å². The SMILES string of the molecule is CC(C)(C)[C](C1CCCCC1)C1CCCCC1. The highest BCUT2D eigenvalue weighted by Gasteiger charge is 2.39. The third kappa shape index (κ3) is 3.48. The second-order valence-corrected chi connectivity index (χ2v) is 7.38. The molecular weight excluding hydrogens is 204 g/mol. The van der Waals surface area contributed by atoms with Crippen molar-refractivity contribution < 1.29 is 0 Å². The molecule has 99 valence electrons. The molecule has 0 N–H and O–H groups in total. The Morgan fingerprint density at radius 1 is 0.647 bits per heavy atom. The third-order valence-electron chi connectivity index (χ3n) is 4.96. The van der Waals surface area contributed by atoms with Gasteiger partial charge in [0.1, 0.15) is 0 Å². The summed E-state index contributed by atoms with van der Waals surface area (Å²) in [5.41, 5.74) is 0.448. The fourth-order valence-corrected chi connectivity index (χ4v) is 4.39. The first-order valence-electron chi connectivity index (χ1n) is 7.96. The molecule has 2 rings (SSSR count). The molecule has 0 bridgehead atoms. The van der Waals surface area contributed by atoms with Crippen LogP contribution >= 0.6 is 0 Å². The number of rotatable bonds is 2. The summed E-state index contributed by atoms with van der Waals surface area (Å²) < 4.78 is 0. The summed E-state index contributed by atoms with van der Waals surface area (Å²) in [6, 6.07) is 0. The molecule has 0 aromatic rings. The highest BCUT2D eigenvalue weighted by Crippen LogP contribution is 2.49. The van der Waals surface area contributed by atoms with Crippen molar-refractivity contribution in [3.8, 4) is 0 Å². The summed E-state index contributed by atoms with van der Waals surface area (Å²) in [6.07, 6.45) is 14.9. The highest BCUT2D eigenvalue weighted by atomic mass is 14.4. The smallest absolute Gasteiger partial charge is 0.0126 e. The molecule has 1 radical (unpaired) electrons. The Bertz CT molecular complexity index is 193. The van der Waals surface area contributed by atoms with Gasteiger partial charge in [0.15, 0.2) is 0 Å². The molecule has 0 amide bonds. The molecule has 2 aliphatic rings. The fraction of sp³-hybridized carbons (Fsp3) is 0.941. The molecule has 0 atom stereocenters. The Morgan fingerprint density at radius 3 is 1.29 bits per heavy atom. The monoisotopic (exact) mass is 235 g/mol. The van der Waals surface area contributed by atoms with E-state index in [1.807, 2.05) is 5.92 Å². The summed E-state index contributed by atoms with van der Waals surface area (Å²) in [7, 11) is 0. The van der Waals surface area contributed by atoms with Crippen molar-refractivity contribution in [2.45, 2.75) is 85.0 Å². The zero-order valence-corrected chi connectivity index (χ0v) is 12.2. The minimum Gasteiger partial charge on any atom is -0.0596 e. The largest absolute Gasteiger partial charge is 0.0596 e. The van der Waals surface area contributed by atoms with Crippen LogP contribution < -0.4 is 0 Å². The van der Waals surface area contributed by atoms with E-state index in [2.05, 4.69) is 20.8 Å². The van der Waals surface area contributed by atoms with Gasteiger partial charge in [-0.15, -0.1) is 0 Å². The van der Waals surface area contributed by atoms with E-state index < -0.39 is 0 Å². The van der Waals surface area contributed by atoms with Gasteiger partial charge in [-0.3, -0.25) is 0 Å². The maximum Gasteiger partial charge on any atom is -0.0126 e. The lowest BCUT2D eigenvalue weighted by atomic mass is 9.60. The van der Waals surface area contributed by atoms with E-state index in [1.165, 1.54) is 64.2 Å². The molecule has 0 spiro atoms. The average Bonchev–Trinajstić information content (AvgIpc) is 2.30. The van der Waals surface area contributed by atoms with Crippen LogP contribution in [0.15, 0.2) is 0 Å². The quantitative estimate of drug-likeness (QED) is 0.570. The summed E-state index contributed by atoms with van der Waals surface area (Å²) >= 11 is 0. The predicted molar refractivity (Wildman–Crippen MR) is 75.8 cm³/mol. The molecule has 0 heteroatoms. The van der Waals surface area contributed by atoms with Gasteiger partial charge in [-0.1, -0.05) is 59.3 Å². The first-order chi connectivity index (χ1) is 8.09. The lowest BCUT2D eigenvalue weighted by Gasteiger charge is -2.45. The van der Waals surface area contributed by atoms with E-state index in [1.54, 1.807) is 0 Å². The van der Waals surface area contributed by atoms with Crippen LogP contribution in [0.4, 0.5) is 0 Å².